The van der Waals surface area contributed by atoms with Gasteiger partial charge in [0.1, 0.15) is 6.04 Å². The van der Waals surface area contributed by atoms with E-state index in [1.54, 1.807) is 20.0 Å². The Morgan fingerprint density at radius 3 is 2.53 bits per heavy atom. The number of aryl methyl sites for hydroxylation is 1. The molecule has 2 amide bonds. The molecule has 0 fully saturated rings. The third kappa shape index (κ3) is 3.98. The first-order valence-corrected chi connectivity index (χ1v) is 6.36. The molecule has 104 valence electrons. The van der Waals surface area contributed by atoms with Gasteiger partial charge in [0.2, 0.25) is 5.91 Å². The fraction of sp³-hybridized carbons (Fsp3) is 0.429. The molecular weight excluding hydrogens is 242 g/mol. The molecule has 5 heteroatoms. The number of carbonyl (C=O) groups is 2. The number of rotatable bonds is 5. The van der Waals surface area contributed by atoms with Gasteiger partial charge in [0.05, 0.1) is 0 Å². The average molecular weight is 263 g/mol. The molecule has 0 aliphatic heterocycles. The second kappa shape index (κ2) is 6.78. The molecule has 19 heavy (non-hydrogen) atoms. The van der Waals surface area contributed by atoms with Gasteiger partial charge in [-0.2, -0.15) is 0 Å². The SMILES string of the molecule is CCNc1ccc(C(=O)NC(C)C(=O)NC)c(C)c1. The van der Waals surface area contributed by atoms with Crippen LogP contribution in [0.5, 0.6) is 0 Å². The largest absolute Gasteiger partial charge is 0.385 e. The van der Waals surface area contributed by atoms with E-state index in [9.17, 15) is 9.59 Å². The molecule has 5 nitrogen and oxygen atoms in total. The third-order valence-corrected chi connectivity index (χ3v) is 2.84. The van der Waals surface area contributed by atoms with Crippen LogP contribution in [0.4, 0.5) is 5.69 Å². The van der Waals surface area contributed by atoms with E-state index in [1.165, 1.54) is 0 Å². The van der Waals surface area contributed by atoms with Gasteiger partial charge >= 0.3 is 0 Å². The van der Waals surface area contributed by atoms with Crippen molar-refractivity contribution in [3.05, 3.63) is 29.3 Å². The second-order valence-electron chi connectivity index (χ2n) is 4.37. The number of nitrogens with one attached hydrogen (secondary N) is 3. The zero-order valence-corrected chi connectivity index (χ0v) is 11.8. The smallest absolute Gasteiger partial charge is 0.252 e. The molecule has 0 radical (unpaired) electrons. The Morgan fingerprint density at radius 2 is 2.00 bits per heavy atom. The van der Waals surface area contributed by atoms with E-state index >= 15 is 0 Å². The molecule has 3 N–H and O–H groups in total. The summed E-state index contributed by atoms with van der Waals surface area (Å²) in [5.74, 6) is -0.452. The van der Waals surface area contributed by atoms with Crippen molar-refractivity contribution in [3.63, 3.8) is 0 Å². The van der Waals surface area contributed by atoms with Crippen LogP contribution in [-0.4, -0.2) is 31.4 Å². The number of carbonyl (C=O) groups excluding carboxylic acids is 2. The summed E-state index contributed by atoms with van der Waals surface area (Å²) in [5, 5.41) is 8.35. The highest BCUT2D eigenvalue weighted by atomic mass is 16.2. The highest BCUT2D eigenvalue weighted by molar-refractivity contribution is 5.98. The topological polar surface area (TPSA) is 70.2 Å². The van der Waals surface area contributed by atoms with Crippen LogP contribution in [0.15, 0.2) is 18.2 Å². The van der Waals surface area contributed by atoms with Gasteiger partial charge in [-0.05, 0) is 44.5 Å². The van der Waals surface area contributed by atoms with Crippen LogP contribution in [0, 0.1) is 6.92 Å². The van der Waals surface area contributed by atoms with Crippen LogP contribution in [0.1, 0.15) is 29.8 Å². The highest BCUT2D eigenvalue weighted by Gasteiger charge is 2.16. The Morgan fingerprint density at radius 1 is 1.32 bits per heavy atom. The molecule has 0 aliphatic rings. The zero-order valence-electron chi connectivity index (χ0n) is 11.8. The van der Waals surface area contributed by atoms with Gasteiger partial charge in [0.15, 0.2) is 0 Å². The number of hydrogen-bond acceptors (Lipinski definition) is 3. The molecule has 0 aliphatic carbocycles. The molecule has 0 aromatic heterocycles. The molecule has 0 spiro atoms. The maximum Gasteiger partial charge on any atom is 0.252 e. The molecule has 1 rings (SSSR count). The van der Waals surface area contributed by atoms with Gasteiger partial charge in [-0.3, -0.25) is 9.59 Å². The first kappa shape index (κ1) is 15.0. The molecule has 0 saturated carbocycles. The van der Waals surface area contributed by atoms with Crippen LogP contribution in [0.2, 0.25) is 0 Å². The van der Waals surface area contributed by atoms with Gasteiger partial charge in [0.25, 0.3) is 5.91 Å². The van der Waals surface area contributed by atoms with Gasteiger partial charge in [-0.25, -0.2) is 0 Å². The van der Waals surface area contributed by atoms with Crippen molar-refractivity contribution in [1.29, 1.82) is 0 Å². The van der Waals surface area contributed by atoms with Gasteiger partial charge in [0, 0.05) is 24.8 Å². The molecule has 1 unspecified atom stereocenters. The molecule has 0 saturated heterocycles. The fourth-order valence-corrected chi connectivity index (χ4v) is 1.79. The van der Waals surface area contributed by atoms with Crippen molar-refractivity contribution in [2.45, 2.75) is 26.8 Å². The summed E-state index contributed by atoms with van der Waals surface area (Å²) in [6, 6.07) is 4.99. The average Bonchev–Trinajstić information content (AvgIpc) is 2.38. The molecular formula is C14H21N3O2. The van der Waals surface area contributed by atoms with E-state index in [2.05, 4.69) is 16.0 Å². The Balaban J connectivity index is 2.80. The van der Waals surface area contributed by atoms with Crippen LogP contribution in [0.25, 0.3) is 0 Å². The zero-order chi connectivity index (χ0) is 14.4. The maximum absolute atomic E-state index is 12.1. The normalized spacial score (nSPS) is 11.6. The number of anilines is 1. The van der Waals surface area contributed by atoms with Crippen LogP contribution in [-0.2, 0) is 4.79 Å². The Labute approximate surface area is 113 Å². The predicted molar refractivity (Wildman–Crippen MR) is 76.3 cm³/mol. The standard InChI is InChI=1S/C14H21N3O2/c1-5-16-11-6-7-12(9(2)8-11)14(19)17-10(3)13(18)15-4/h6-8,10,16H,5H2,1-4H3,(H,15,18)(H,17,19). The minimum Gasteiger partial charge on any atom is -0.385 e. The minimum atomic E-state index is -0.551. The Bertz CT molecular complexity index is 472. The number of likely N-dealkylation sites (N-methyl/N-ethyl adjacent to an activating group) is 1. The maximum atomic E-state index is 12.1. The van der Waals surface area contributed by atoms with Crippen molar-refractivity contribution in [2.75, 3.05) is 18.9 Å². The summed E-state index contributed by atoms with van der Waals surface area (Å²) in [7, 11) is 1.54. The molecule has 1 aromatic carbocycles. The molecule has 0 heterocycles. The fourth-order valence-electron chi connectivity index (χ4n) is 1.79. The number of hydrogen-bond donors (Lipinski definition) is 3. The van der Waals surface area contributed by atoms with E-state index in [4.69, 9.17) is 0 Å². The Kier molecular flexibility index (Phi) is 5.36. The van der Waals surface area contributed by atoms with E-state index in [-0.39, 0.29) is 11.8 Å². The van der Waals surface area contributed by atoms with Crippen molar-refractivity contribution in [3.8, 4) is 0 Å². The predicted octanol–water partition coefficient (Wildman–Crippen LogP) is 1.29. The van der Waals surface area contributed by atoms with Crippen molar-refractivity contribution >= 4 is 17.5 Å². The monoisotopic (exact) mass is 263 g/mol. The first-order valence-electron chi connectivity index (χ1n) is 6.36. The summed E-state index contributed by atoms with van der Waals surface area (Å²) < 4.78 is 0. The summed E-state index contributed by atoms with van der Waals surface area (Å²) in [4.78, 5) is 23.4. The van der Waals surface area contributed by atoms with Gasteiger partial charge in [-0.15, -0.1) is 0 Å². The number of benzene rings is 1. The van der Waals surface area contributed by atoms with Crippen molar-refractivity contribution in [1.82, 2.24) is 10.6 Å². The minimum absolute atomic E-state index is 0.213. The van der Waals surface area contributed by atoms with Crippen LogP contribution in [0.3, 0.4) is 0 Å². The van der Waals surface area contributed by atoms with E-state index < -0.39 is 6.04 Å². The summed E-state index contributed by atoms with van der Waals surface area (Å²) in [6.45, 7) is 6.37. The van der Waals surface area contributed by atoms with Gasteiger partial charge in [-0.1, -0.05) is 0 Å². The van der Waals surface area contributed by atoms with E-state index in [1.807, 2.05) is 26.0 Å². The molecule has 1 aromatic rings. The second-order valence-corrected chi connectivity index (χ2v) is 4.37. The first-order chi connectivity index (χ1) is 8.99. The lowest BCUT2D eigenvalue weighted by atomic mass is 10.1. The van der Waals surface area contributed by atoms with Crippen molar-refractivity contribution in [2.24, 2.45) is 0 Å². The molecule has 1 atom stereocenters. The van der Waals surface area contributed by atoms with E-state index in [0.717, 1.165) is 17.8 Å². The summed E-state index contributed by atoms with van der Waals surface area (Å²) in [6.07, 6.45) is 0. The lowest BCUT2D eigenvalue weighted by Gasteiger charge is -2.14. The van der Waals surface area contributed by atoms with Crippen LogP contribution >= 0.6 is 0 Å². The third-order valence-electron chi connectivity index (χ3n) is 2.84. The van der Waals surface area contributed by atoms with Gasteiger partial charge < -0.3 is 16.0 Å². The molecule has 0 bridgehead atoms. The lowest BCUT2D eigenvalue weighted by Crippen LogP contribution is -2.43. The van der Waals surface area contributed by atoms with Crippen LogP contribution < -0.4 is 16.0 Å². The Hall–Kier alpha value is -2.04. The highest BCUT2D eigenvalue weighted by Crippen LogP contribution is 2.15. The number of amides is 2. The van der Waals surface area contributed by atoms with Crippen molar-refractivity contribution < 1.29 is 9.59 Å². The summed E-state index contributed by atoms with van der Waals surface area (Å²) in [5.41, 5.74) is 2.44. The lowest BCUT2D eigenvalue weighted by molar-refractivity contribution is -0.122. The quantitative estimate of drug-likeness (QED) is 0.749. The summed E-state index contributed by atoms with van der Waals surface area (Å²) >= 11 is 0. The van der Waals surface area contributed by atoms with E-state index in [0.29, 0.717) is 5.56 Å².